The van der Waals surface area contributed by atoms with E-state index in [1.165, 1.54) is 37.2 Å². The van der Waals surface area contributed by atoms with E-state index in [0.29, 0.717) is 6.04 Å². The first-order valence-electron chi connectivity index (χ1n) is 5.14. The fourth-order valence-electron chi connectivity index (χ4n) is 4.00. The molecular weight excluding hydrogens is 150 g/mol. The van der Waals surface area contributed by atoms with Crippen LogP contribution in [0.25, 0.3) is 0 Å². The molecule has 4 fully saturated rings. The maximum atomic E-state index is 11.8. The molecule has 0 aromatic heterocycles. The third-order valence-electron chi connectivity index (χ3n) is 4.20. The van der Waals surface area contributed by atoms with Gasteiger partial charge in [0, 0.05) is 5.54 Å². The predicted octanol–water partition coefficient (Wildman–Crippen LogP) is 2.14. The normalized spacial score (nSPS) is 58.0. The Balaban J connectivity index is 1.97. The van der Waals surface area contributed by atoms with Gasteiger partial charge in [-0.25, -0.2) is 0 Å². The van der Waals surface area contributed by atoms with Gasteiger partial charge in [0.1, 0.15) is 0 Å². The summed E-state index contributed by atoms with van der Waals surface area (Å²) in [6.45, 7) is 2.17. The van der Waals surface area contributed by atoms with Crippen LogP contribution < -0.4 is 0 Å². The van der Waals surface area contributed by atoms with Gasteiger partial charge in [-0.05, 0) is 56.9 Å². The maximum Gasteiger partial charge on any atom is 0.00690 e. The lowest BCUT2D eigenvalue weighted by Crippen LogP contribution is -2.62. The molecule has 0 spiro atoms. The zero-order chi connectivity index (χ0) is 8.34. The average molecular weight is 166 g/mol. The minimum atomic E-state index is 0.0365. The van der Waals surface area contributed by atoms with E-state index in [2.05, 4.69) is 6.92 Å². The molecule has 2 unspecified atom stereocenters. The summed E-state index contributed by atoms with van der Waals surface area (Å²) in [5.74, 6) is 1.77. The first kappa shape index (κ1) is 7.34. The van der Waals surface area contributed by atoms with Crippen molar-refractivity contribution in [2.75, 3.05) is 0 Å². The lowest BCUT2D eigenvalue weighted by molar-refractivity contribution is -0.0855. The monoisotopic (exact) mass is 166 g/mol. The van der Waals surface area contributed by atoms with E-state index in [1.807, 2.05) is 0 Å². The number of hydroxylamine groups is 2. The molecular formula is C10H16NO-. The van der Waals surface area contributed by atoms with Gasteiger partial charge in [-0.1, -0.05) is 0 Å². The molecule has 4 bridgehead atoms. The van der Waals surface area contributed by atoms with Gasteiger partial charge < -0.3 is 10.3 Å². The topological polar surface area (TPSA) is 26.3 Å². The third kappa shape index (κ3) is 0.775. The highest BCUT2D eigenvalue weighted by Gasteiger charge is 2.49. The van der Waals surface area contributed by atoms with Crippen molar-refractivity contribution in [2.24, 2.45) is 11.8 Å². The Morgan fingerprint density at radius 2 is 1.75 bits per heavy atom. The molecule has 2 atom stereocenters. The van der Waals surface area contributed by atoms with E-state index >= 15 is 0 Å². The van der Waals surface area contributed by atoms with Crippen molar-refractivity contribution in [2.45, 2.75) is 50.6 Å². The van der Waals surface area contributed by atoms with Crippen molar-refractivity contribution >= 4 is 0 Å². The first-order chi connectivity index (χ1) is 5.67. The van der Waals surface area contributed by atoms with E-state index in [0.717, 1.165) is 11.8 Å². The predicted molar refractivity (Wildman–Crippen MR) is 47.5 cm³/mol. The Bertz CT molecular complexity index is 202. The molecule has 0 N–H and O–H groups in total. The minimum Gasteiger partial charge on any atom is -0.785 e. The zero-order valence-corrected chi connectivity index (χ0v) is 7.62. The molecule has 68 valence electrons. The van der Waals surface area contributed by atoms with Crippen LogP contribution in [0.4, 0.5) is 0 Å². The van der Waals surface area contributed by atoms with Gasteiger partial charge in [0.2, 0.25) is 0 Å². The van der Waals surface area contributed by atoms with Crippen molar-refractivity contribution in [3.05, 3.63) is 5.21 Å². The van der Waals surface area contributed by atoms with Crippen molar-refractivity contribution in [3.8, 4) is 0 Å². The molecule has 4 aliphatic rings. The second kappa shape index (κ2) is 2.05. The van der Waals surface area contributed by atoms with Crippen LogP contribution in [0, 0.1) is 17.0 Å². The second-order valence-electron chi connectivity index (χ2n) is 5.32. The molecule has 2 aliphatic carbocycles. The van der Waals surface area contributed by atoms with Crippen LogP contribution in [0.2, 0.25) is 0 Å². The van der Waals surface area contributed by atoms with E-state index in [9.17, 15) is 5.21 Å². The number of piperidine rings is 2. The number of nitrogens with zero attached hydrogens (tertiary/aromatic N) is 1. The number of hydrogen-bond acceptors (Lipinski definition) is 2. The summed E-state index contributed by atoms with van der Waals surface area (Å²) in [6, 6.07) is 0.390. The molecule has 2 heteroatoms. The Kier molecular flexibility index (Phi) is 1.25. The van der Waals surface area contributed by atoms with E-state index in [4.69, 9.17) is 0 Å². The molecule has 2 saturated heterocycles. The Hall–Kier alpha value is -0.0800. The molecule has 4 rings (SSSR count). The van der Waals surface area contributed by atoms with Gasteiger partial charge >= 0.3 is 0 Å². The number of rotatable bonds is 0. The quantitative estimate of drug-likeness (QED) is 0.551. The molecule has 2 nitrogen and oxygen atoms in total. The molecule has 0 aromatic rings. The summed E-state index contributed by atoms with van der Waals surface area (Å²) in [6.07, 6.45) is 6.14. The van der Waals surface area contributed by atoms with Crippen molar-refractivity contribution in [1.82, 2.24) is 5.06 Å². The van der Waals surface area contributed by atoms with Crippen molar-refractivity contribution in [3.63, 3.8) is 0 Å². The molecule has 12 heavy (non-hydrogen) atoms. The SMILES string of the molecule is CC12CC3CC(CC(C3)N1[O-])C2. The van der Waals surface area contributed by atoms with Crippen molar-refractivity contribution < 1.29 is 0 Å². The van der Waals surface area contributed by atoms with Gasteiger partial charge in [-0.3, -0.25) is 0 Å². The third-order valence-corrected chi connectivity index (χ3v) is 4.20. The summed E-state index contributed by atoms with van der Waals surface area (Å²) >= 11 is 0. The summed E-state index contributed by atoms with van der Waals surface area (Å²) in [7, 11) is 0. The molecule has 0 radical (unpaired) electrons. The fourth-order valence-corrected chi connectivity index (χ4v) is 4.00. The lowest BCUT2D eigenvalue weighted by Gasteiger charge is -2.65. The smallest absolute Gasteiger partial charge is 0.00690 e. The van der Waals surface area contributed by atoms with Gasteiger partial charge in [0.05, 0.1) is 0 Å². The van der Waals surface area contributed by atoms with Gasteiger partial charge in [0.25, 0.3) is 0 Å². The second-order valence-corrected chi connectivity index (χ2v) is 5.32. The highest BCUT2D eigenvalue weighted by Crippen LogP contribution is 2.53. The lowest BCUT2D eigenvalue weighted by atomic mass is 9.59. The summed E-state index contributed by atoms with van der Waals surface area (Å²) in [4.78, 5) is 0. The Morgan fingerprint density at radius 3 is 2.25 bits per heavy atom. The van der Waals surface area contributed by atoms with Crippen LogP contribution in [-0.4, -0.2) is 16.6 Å². The van der Waals surface area contributed by atoms with E-state index < -0.39 is 0 Å². The van der Waals surface area contributed by atoms with Gasteiger partial charge in [0.15, 0.2) is 0 Å². The molecule has 2 saturated carbocycles. The average Bonchev–Trinajstić information content (AvgIpc) is 1.98. The molecule has 0 amide bonds. The largest absolute Gasteiger partial charge is 0.785 e. The fraction of sp³-hybridized carbons (Fsp3) is 1.00. The molecule has 0 aromatic carbocycles. The van der Waals surface area contributed by atoms with E-state index in [-0.39, 0.29) is 5.54 Å². The van der Waals surface area contributed by atoms with Crippen LogP contribution in [-0.2, 0) is 0 Å². The highest BCUT2D eigenvalue weighted by molar-refractivity contribution is 5.07. The number of hydrogen-bond donors (Lipinski definition) is 0. The van der Waals surface area contributed by atoms with Crippen LogP contribution in [0.3, 0.4) is 0 Å². The Morgan fingerprint density at radius 1 is 1.17 bits per heavy atom. The summed E-state index contributed by atoms with van der Waals surface area (Å²) < 4.78 is 0. The minimum absolute atomic E-state index is 0.0365. The maximum absolute atomic E-state index is 11.8. The Labute approximate surface area is 73.5 Å². The molecule has 2 heterocycles. The van der Waals surface area contributed by atoms with Crippen molar-refractivity contribution in [1.29, 1.82) is 0 Å². The van der Waals surface area contributed by atoms with Crippen LogP contribution >= 0.6 is 0 Å². The van der Waals surface area contributed by atoms with Crippen LogP contribution in [0.15, 0.2) is 0 Å². The van der Waals surface area contributed by atoms with E-state index in [1.54, 1.807) is 0 Å². The summed E-state index contributed by atoms with van der Waals surface area (Å²) in [5.41, 5.74) is 0.0365. The highest BCUT2D eigenvalue weighted by atomic mass is 16.5. The van der Waals surface area contributed by atoms with Gasteiger partial charge in [-0.2, -0.15) is 0 Å². The standard InChI is InChI=1S/C10H16NO/c1-10-5-7-2-8(6-10)4-9(3-7)11(10)12/h7-9H,2-6H2,1H3/q-1. The summed E-state index contributed by atoms with van der Waals surface area (Å²) in [5, 5.41) is 13.2. The molecule has 2 aliphatic heterocycles. The van der Waals surface area contributed by atoms with Gasteiger partial charge in [-0.15, -0.1) is 0 Å². The van der Waals surface area contributed by atoms with Crippen LogP contribution in [0.5, 0.6) is 0 Å². The zero-order valence-electron chi connectivity index (χ0n) is 7.62. The first-order valence-corrected chi connectivity index (χ1v) is 5.14. The van der Waals surface area contributed by atoms with Crippen LogP contribution in [0.1, 0.15) is 39.0 Å².